The van der Waals surface area contributed by atoms with Gasteiger partial charge in [0.15, 0.2) is 0 Å². The molecule has 0 aliphatic heterocycles. The third kappa shape index (κ3) is 8.08. The number of nitrogens with zero attached hydrogens (tertiary/aromatic N) is 2. The van der Waals surface area contributed by atoms with Crippen LogP contribution in [0.5, 0.6) is 11.5 Å². The first kappa shape index (κ1) is 27.2. The van der Waals surface area contributed by atoms with Gasteiger partial charge in [0.25, 0.3) is 5.91 Å². The van der Waals surface area contributed by atoms with Crippen molar-refractivity contribution >= 4 is 27.8 Å². The molecule has 9 heteroatoms. The van der Waals surface area contributed by atoms with Gasteiger partial charge in [-0.05, 0) is 42.0 Å². The molecule has 0 aliphatic rings. The van der Waals surface area contributed by atoms with Gasteiger partial charge >= 0.3 is 0 Å². The summed E-state index contributed by atoms with van der Waals surface area (Å²) < 4.78 is 37.3. The molecule has 0 saturated carbocycles. The van der Waals surface area contributed by atoms with Gasteiger partial charge in [0.05, 0.1) is 24.7 Å². The highest BCUT2D eigenvalue weighted by Gasteiger charge is 2.18. The van der Waals surface area contributed by atoms with Crippen LogP contribution in [0.1, 0.15) is 21.5 Å². The number of carbonyl (C=O) groups is 1. The second-order valence-corrected chi connectivity index (χ2v) is 9.81. The van der Waals surface area contributed by atoms with Crippen molar-refractivity contribution in [2.75, 3.05) is 23.8 Å². The maximum atomic E-state index is 12.6. The number of amides is 1. The van der Waals surface area contributed by atoms with Crippen molar-refractivity contribution in [3.8, 4) is 11.5 Å². The number of anilines is 1. The van der Waals surface area contributed by atoms with E-state index in [2.05, 4.69) is 23.7 Å². The van der Waals surface area contributed by atoms with Crippen LogP contribution in [0.15, 0.2) is 103 Å². The highest BCUT2D eigenvalue weighted by Crippen LogP contribution is 2.24. The monoisotopic (exact) mass is 519 g/mol. The van der Waals surface area contributed by atoms with E-state index < -0.39 is 15.9 Å². The molecule has 0 bridgehead atoms. The Bertz CT molecular complexity index is 1350. The largest absolute Gasteiger partial charge is 0.489 e. The fourth-order valence-corrected chi connectivity index (χ4v) is 4.18. The van der Waals surface area contributed by atoms with E-state index in [9.17, 15) is 13.2 Å². The van der Waals surface area contributed by atoms with Crippen LogP contribution < -0.4 is 19.2 Å². The lowest BCUT2D eigenvalue weighted by molar-refractivity contribution is 0.0955. The molecule has 0 aliphatic carbocycles. The maximum Gasteiger partial charge on any atom is 0.271 e. The predicted molar refractivity (Wildman–Crippen MR) is 147 cm³/mol. The Labute approximate surface area is 217 Å². The van der Waals surface area contributed by atoms with E-state index >= 15 is 0 Å². The summed E-state index contributed by atoms with van der Waals surface area (Å²) in [5.41, 5.74) is 4.73. The molecule has 192 valence electrons. The summed E-state index contributed by atoms with van der Waals surface area (Å²) >= 11 is 0. The van der Waals surface area contributed by atoms with E-state index in [0.717, 1.165) is 11.8 Å². The van der Waals surface area contributed by atoms with Crippen LogP contribution in [0.3, 0.4) is 0 Å². The summed E-state index contributed by atoms with van der Waals surface area (Å²) in [5, 5.41) is 4.04. The van der Waals surface area contributed by atoms with Gasteiger partial charge in [-0.15, -0.1) is 0 Å². The van der Waals surface area contributed by atoms with Gasteiger partial charge in [-0.25, -0.2) is 13.8 Å². The molecule has 37 heavy (non-hydrogen) atoms. The zero-order chi connectivity index (χ0) is 26.7. The Morgan fingerprint density at radius 1 is 0.973 bits per heavy atom. The molecule has 0 aromatic heterocycles. The average molecular weight is 520 g/mol. The van der Waals surface area contributed by atoms with Crippen LogP contribution in [-0.4, -0.2) is 40.0 Å². The molecule has 3 rings (SSSR count). The number of rotatable bonds is 13. The third-order valence-electron chi connectivity index (χ3n) is 5.07. The number of ether oxygens (including phenoxy) is 2. The molecular formula is C28H29N3O5S. The molecule has 3 aromatic rings. The lowest BCUT2D eigenvalue weighted by Gasteiger charge is -2.22. The van der Waals surface area contributed by atoms with Gasteiger partial charge in [0, 0.05) is 17.2 Å². The van der Waals surface area contributed by atoms with Crippen molar-refractivity contribution < 1.29 is 22.7 Å². The van der Waals surface area contributed by atoms with Crippen LogP contribution in [0.2, 0.25) is 0 Å². The minimum Gasteiger partial charge on any atom is -0.489 e. The number of nitrogens with one attached hydrogen (secondary N) is 1. The SMILES string of the molecule is C=CCOc1ccc(/C=N\NC(=O)c2ccc(N(Cc3ccccc3)S(C)(=O)=O)cc2)c(OCC=C)c1. The standard InChI is InChI=1S/C28H29N3O5S/c1-4-17-35-26-16-13-24(27(19-26)36-18-5-2)20-29-30-28(32)23-11-14-25(15-12-23)31(37(3,33)34)21-22-9-7-6-8-10-22/h4-16,19-20H,1-2,17-18,21H2,3H3,(H,30,32)/b29-20-. The fourth-order valence-electron chi connectivity index (χ4n) is 3.29. The van der Waals surface area contributed by atoms with Crippen LogP contribution in [0.4, 0.5) is 5.69 Å². The molecular weight excluding hydrogens is 490 g/mol. The lowest BCUT2D eigenvalue weighted by atomic mass is 10.2. The van der Waals surface area contributed by atoms with Gasteiger partial charge < -0.3 is 9.47 Å². The molecule has 0 unspecified atom stereocenters. The predicted octanol–water partition coefficient (Wildman–Crippen LogP) is 4.55. The zero-order valence-electron chi connectivity index (χ0n) is 20.5. The number of hydrogen-bond acceptors (Lipinski definition) is 6. The average Bonchev–Trinajstić information content (AvgIpc) is 2.90. The molecule has 8 nitrogen and oxygen atoms in total. The van der Waals surface area contributed by atoms with Crippen LogP contribution in [0.25, 0.3) is 0 Å². The summed E-state index contributed by atoms with van der Waals surface area (Å²) in [7, 11) is -3.54. The van der Waals surface area contributed by atoms with Crippen LogP contribution >= 0.6 is 0 Å². The topological polar surface area (TPSA) is 97.3 Å². The highest BCUT2D eigenvalue weighted by molar-refractivity contribution is 7.92. The quantitative estimate of drug-likeness (QED) is 0.203. The first-order valence-corrected chi connectivity index (χ1v) is 13.2. The first-order chi connectivity index (χ1) is 17.8. The third-order valence-corrected chi connectivity index (χ3v) is 6.21. The van der Waals surface area contributed by atoms with Crippen molar-refractivity contribution in [1.82, 2.24) is 5.43 Å². The Morgan fingerprint density at radius 3 is 2.30 bits per heavy atom. The van der Waals surface area contributed by atoms with Gasteiger partial charge in [-0.2, -0.15) is 5.10 Å². The van der Waals surface area contributed by atoms with Crippen molar-refractivity contribution in [2.24, 2.45) is 5.10 Å². The van der Waals surface area contributed by atoms with E-state index in [1.165, 1.54) is 10.5 Å². The highest BCUT2D eigenvalue weighted by atomic mass is 32.2. The summed E-state index contributed by atoms with van der Waals surface area (Å²) in [6.45, 7) is 8.11. The van der Waals surface area contributed by atoms with E-state index in [1.54, 1.807) is 54.6 Å². The zero-order valence-corrected chi connectivity index (χ0v) is 21.4. The molecule has 0 heterocycles. The van der Waals surface area contributed by atoms with Crippen molar-refractivity contribution in [1.29, 1.82) is 0 Å². The van der Waals surface area contributed by atoms with Crippen LogP contribution in [0, 0.1) is 0 Å². The molecule has 1 N–H and O–H groups in total. The summed E-state index contributed by atoms with van der Waals surface area (Å²) in [5.74, 6) is 0.676. The number of hydrogen-bond donors (Lipinski definition) is 1. The second kappa shape index (κ2) is 13.1. The van der Waals surface area contributed by atoms with Crippen LogP contribution in [-0.2, 0) is 16.6 Å². The second-order valence-electron chi connectivity index (χ2n) is 7.90. The molecule has 0 fully saturated rings. The molecule has 1 amide bonds. The number of benzene rings is 3. The minimum atomic E-state index is -3.54. The van der Waals surface area contributed by atoms with Gasteiger partial charge in [-0.3, -0.25) is 9.10 Å². The summed E-state index contributed by atoms with van der Waals surface area (Å²) in [6, 6.07) is 20.8. The van der Waals surface area contributed by atoms with Crippen molar-refractivity contribution in [3.05, 3.63) is 115 Å². The van der Waals surface area contributed by atoms with Gasteiger partial charge in [0.2, 0.25) is 10.0 Å². The Kier molecular flexibility index (Phi) is 9.62. The van der Waals surface area contributed by atoms with E-state index in [0.29, 0.717) is 41.5 Å². The fraction of sp³-hybridized carbons (Fsp3) is 0.143. The Hall–Kier alpha value is -4.37. The Morgan fingerprint density at radius 2 is 1.65 bits per heavy atom. The number of hydrazone groups is 1. The van der Waals surface area contributed by atoms with Gasteiger partial charge in [-0.1, -0.05) is 55.6 Å². The van der Waals surface area contributed by atoms with E-state index in [-0.39, 0.29) is 6.54 Å². The van der Waals surface area contributed by atoms with Crippen molar-refractivity contribution in [3.63, 3.8) is 0 Å². The molecule has 0 atom stereocenters. The molecule has 0 spiro atoms. The molecule has 0 saturated heterocycles. The Balaban J connectivity index is 1.70. The lowest BCUT2D eigenvalue weighted by Crippen LogP contribution is -2.29. The molecule has 0 radical (unpaired) electrons. The number of carbonyl (C=O) groups excluding carboxylic acids is 1. The van der Waals surface area contributed by atoms with Crippen molar-refractivity contribution in [2.45, 2.75) is 6.54 Å². The summed E-state index contributed by atoms with van der Waals surface area (Å²) in [6.07, 6.45) is 5.88. The number of sulfonamides is 1. The smallest absolute Gasteiger partial charge is 0.271 e. The van der Waals surface area contributed by atoms with Gasteiger partial charge in [0.1, 0.15) is 24.7 Å². The molecule has 3 aromatic carbocycles. The first-order valence-electron chi connectivity index (χ1n) is 11.4. The summed E-state index contributed by atoms with van der Waals surface area (Å²) in [4.78, 5) is 12.6. The normalized spacial score (nSPS) is 11.1. The van der Waals surface area contributed by atoms with E-state index in [1.807, 2.05) is 30.3 Å². The maximum absolute atomic E-state index is 12.6. The minimum absolute atomic E-state index is 0.184. The van der Waals surface area contributed by atoms with E-state index in [4.69, 9.17) is 9.47 Å².